The number of aromatic nitrogens is 1. The second-order valence-electron chi connectivity index (χ2n) is 3.01. The maximum atomic E-state index is 10.6. The van der Waals surface area contributed by atoms with Crippen LogP contribution in [-0.2, 0) is 11.2 Å². The van der Waals surface area contributed by atoms with Crippen LogP contribution in [0.15, 0.2) is 24.5 Å². The summed E-state index contributed by atoms with van der Waals surface area (Å²) < 4.78 is 0. The van der Waals surface area contributed by atoms with Crippen molar-refractivity contribution in [2.24, 2.45) is 5.92 Å². The Morgan fingerprint density at radius 1 is 1.71 bits per heavy atom. The number of aryl methyl sites for hydroxylation is 1. The molecule has 0 amide bonds. The Balaban J connectivity index is 2.47. The Morgan fingerprint density at radius 3 is 3.00 bits per heavy atom. The number of aliphatic carboxylic acids is 1. The molecule has 0 saturated heterocycles. The van der Waals surface area contributed by atoms with Crippen molar-refractivity contribution in [3.63, 3.8) is 0 Å². The highest BCUT2D eigenvalue weighted by molar-refractivity contribution is 5.87. The summed E-state index contributed by atoms with van der Waals surface area (Å²) in [5, 5.41) is 15.6. The van der Waals surface area contributed by atoms with Gasteiger partial charge in [0.25, 0.3) is 0 Å². The molecule has 0 saturated carbocycles. The quantitative estimate of drug-likeness (QED) is 0.692. The molecule has 1 aromatic rings. The first-order chi connectivity index (χ1) is 6.74. The van der Waals surface area contributed by atoms with E-state index in [0.29, 0.717) is 12.8 Å². The molecule has 14 heavy (non-hydrogen) atoms. The molecule has 0 radical (unpaired) electrons. The van der Waals surface area contributed by atoms with Crippen molar-refractivity contribution in [2.75, 3.05) is 0 Å². The first kappa shape index (κ1) is 10.4. The summed E-state index contributed by atoms with van der Waals surface area (Å²) >= 11 is 0. The van der Waals surface area contributed by atoms with Crippen molar-refractivity contribution >= 4 is 12.2 Å². The lowest BCUT2D eigenvalue weighted by atomic mass is 10.0. The van der Waals surface area contributed by atoms with Gasteiger partial charge in [0, 0.05) is 18.6 Å². The summed E-state index contributed by atoms with van der Waals surface area (Å²) in [6, 6.07) is 3.71. The van der Waals surface area contributed by atoms with Gasteiger partial charge < -0.3 is 10.5 Å². The molecule has 0 aliphatic carbocycles. The van der Waals surface area contributed by atoms with E-state index in [-0.39, 0.29) is 0 Å². The highest BCUT2D eigenvalue weighted by atomic mass is 16.4. The smallest absolute Gasteiger partial charge is 0.311 e. The summed E-state index contributed by atoms with van der Waals surface area (Å²) in [6.45, 7) is 0. The Hall–Kier alpha value is -1.71. The molecule has 74 valence electrons. The van der Waals surface area contributed by atoms with Gasteiger partial charge in [-0.25, -0.2) is 0 Å². The number of carbonyl (C=O) groups is 1. The fraction of sp³-hybridized carbons (Fsp3) is 0.300. The lowest BCUT2D eigenvalue weighted by Gasteiger charge is -2.05. The van der Waals surface area contributed by atoms with E-state index in [9.17, 15) is 4.79 Å². The SMILES string of the molecule is N=CC(CCc1cccnc1)C(=O)O. The molecule has 0 aliphatic rings. The van der Waals surface area contributed by atoms with Crippen LogP contribution in [0.5, 0.6) is 0 Å². The van der Waals surface area contributed by atoms with Gasteiger partial charge in [0.05, 0.1) is 5.92 Å². The minimum Gasteiger partial charge on any atom is -0.481 e. The van der Waals surface area contributed by atoms with Crippen molar-refractivity contribution in [1.82, 2.24) is 4.98 Å². The Bertz CT molecular complexity index is 311. The van der Waals surface area contributed by atoms with Crippen molar-refractivity contribution in [3.05, 3.63) is 30.1 Å². The number of carboxylic acids is 1. The topological polar surface area (TPSA) is 74.0 Å². The van der Waals surface area contributed by atoms with Gasteiger partial charge in [-0.05, 0) is 24.5 Å². The van der Waals surface area contributed by atoms with E-state index in [0.717, 1.165) is 11.8 Å². The van der Waals surface area contributed by atoms with Gasteiger partial charge in [-0.2, -0.15) is 0 Å². The number of carboxylic acid groups (broad SMARTS) is 1. The van der Waals surface area contributed by atoms with E-state index in [1.807, 2.05) is 12.1 Å². The van der Waals surface area contributed by atoms with Gasteiger partial charge in [0.2, 0.25) is 0 Å². The van der Waals surface area contributed by atoms with Gasteiger partial charge in [-0.15, -0.1) is 0 Å². The van der Waals surface area contributed by atoms with Gasteiger partial charge in [-0.1, -0.05) is 6.07 Å². The average molecular weight is 192 g/mol. The highest BCUT2D eigenvalue weighted by Crippen LogP contribution is 2.07. The maximum Gasteiger partial charge on any atom is 0.311 e. The fourth-order valence-corrected chi connectivity index (χ4v) is 1.15. The third-order valence-corrected chi connectivity index (χ3v) is 1.99. The first-order valence-electron chi connectivity index (χ1n) is 4.36. The van der Waals surface area contributed by atoms with Crippen LogP contribution in [0, 0.1) is 11.3 Å². The van der Waals surface area contributed by atoms with E-state index in [2.05, 4.69) is 4.98 Å². The van der Waals surface area contributed by atoms with Crippen LogP contribution in [0.2, 0.25) is 0 Å². The lowest BCUT2D eigenvalue weighted by molar-refractivity contribution is -0.139. The number of nitrogens with one attached hydrogen (secondary N) is 1. The molecule has 2 N–H and O–H groups in total. The van der Waals surface area contributed by atoms with Gasteiger partial charge >= 0.3 is 5.97 Å². The molecule has 0 fully saturated rings. The van der Waals surface area contributed by atoms with Crippen LogP contribution < -0.4 is 0 Å². The predicted octanol–water partition coefficient (Wildman–Crippen LogP) is 1.36. The van der Waals surface area contributed by atoms with E-state index in [1.165, 1.54) is 0 Å². The zero-order valence-corrected chi connectivity index (χ0v) is 7.68. The Morgan fingerprint density at radius 2 is 2.50 bits per heavy atom. The molecule has 4 heteroatoms. The third-order valence-electron chi connectivity index (χ3n) is 1.99. The molecular weight excluding hydrogens is 180 g/mol. The van der Waals surface area contributed by atoms with E-state index in [1.54, 1.807) is 12.4 Å². The number of hydrogen-bond donors (Lipinski definition) is 2. The number of rotatable bonds is 5. The lowest BCUT2D eigenvalue weighted by Crippen LogP contribution is -2.15. The normalized spacial score (nSPS) is 12.0. The second-order valence-corrected chi connectivity index (χ2v) is 3.01. The molecule has 1 rings (SSSR count). The number of pyridine rings is 1. The first-order valence-corrected chi connectivity index (χ1v) is 4.36. The molecule has 1 atom stereocenters. The number of nitrogens with zero attached hydrogens (tertiary/aromatic N) is 1. The molecule has 1 aromatic heterocycles. The summed E-state index contributed by atoms with van der Waals surface area (Å²) in [6.07, 6.45) is 5.45. The van der Waals surface area contributed by atoms with Crippen molar-refractivity contribution in [2.45, 2.75) is 12.8 Å². The summed E-state index contributed by atoms with van der Waals surface area (Å²) in [5.41, 5.74) is 1.00. The standard InChI is InChI=1S/C10H12N2O2/c11-6-9(10(13)14)4-3-8-2-1-5-12-7-8/h1-2,5-7,9,11H,3-4H2,(H,13,14). The highest BCUT2D eigenvalue weighted by Gasteiger charge is 2.13. The zero-order valence-electron chi connectivity index (χ0n) is 7.68. The molecule has 0 bridgehead atoms. The van der Waals surface area contributed by atoms with Crippen LogP contribution in [-0.4, -0.2) is 22.3 Å². The van der Waals surface area contributed by atoms with E-state index < -0.39 is 11.9 Å². The average Bonchev–Trinajstić information content (AvgIpc) is 2.20. The minimum absolute atomic E-state index is 0.449. The van der Waals surface area contributed by atoms with Gasteiger partial charge in [-0.3, -0.25) is 9.78 Å². The molecular formula is C10H12N2O2. The van der Waals surface area contributed by atoms with E-state index >= 15 is 0 Å². The molecule has 0 aromatic carbocycles. The summed E-state index contributed by atoms with van der Waals surface area (Å²) in [7, 11) is 0. The van der Waals surface area contributed by atoms with E-state index in [4.69, 9.17) is 10.5 Å². The third kappa shape index (κ3) is 2.97. The summed E-state index contributed by atoms with van der Waals surface area (Å²) in [5.74, 6) is -1.63. The molecule has 0 aliphatic heterocycles. The maximum absolute atomic E-state index is 10.6. The molecule has 1 unspecified atom stereocenters. The second kappa shape index (κ2) is 5.11. The molecule has 4 nitrogen and oxygen atoms in total. The predicted molar refractivity (Wildman–Crippen MR) is 52.5 cm³/mol. The largest absolute Gasteiger partial charge is 0.481 e. The monoisotopic (exact) mass is 192 g/mol. The van der Waals surface area contributed by atoms with Crippen LogP contribution in [0.25, 0.3) is 0 Å². The minimum atomic E-state index is -0.941. The van der Waals surface area contributed by atoms with Crippen LogP contribution in [0.3, 0.4) is 0 Å². The van der Waals surface area contributed by atoms with Crippen molar-refractivity contribution in [1.29, 1.82) is 5.41 Å². The van der Waals surface area contributed by atoms with Crippen LogP contribution in [0.4, 0.5) is 0 Å². The van der Waals surface area contributed by atoms with Gasteiger partial charge in [0.1, 0.15) is 0 Å². The van der Waals surface area contributed by atoms with Crippen molar-refractivity contribution in [3.8, 4) is 0 Å². The number of hydrogen-bond acceptors (Lipinski definition) is 3. The van der Waals surface area contributed by atoms with Crippen LogP contribution in [0.1, 0.15) is 12.0 Å². The van der Waals surface area contributed by atoms with Crippen molar-refractivity contribution < 1.29 is 9.90 Å². The Kier molecular flexibility index (Phi) is 3.79. The fourth-order valence-electron chi connectivity index (χ4n) is 1.15. The summed E-state index contributed by atoms with van der Waals surface area (Å²) in [4.78, 5) is 14.5. The molecule has 1 heterocycles. The van der Waals surface area contributed by atoms with Gasteiger partial charge in [0.15, 0.2) is 0 Å². The zero-order chi connectivity index (χ0) is 10.4. The molecule has 0 spiro atoms. The Labute approximate surface area is 82.1 Å². The van der Waals surface area contributed by atoms with Crippen LogP contribution >= 0.6 is 0 Å².